The average molecular weight is 808 g/mol. The highest BCUT2D eigenvalue weighted by molar-refractivity contribution is 7.21. The molecule has 0 N–H and O–H groups in total. The molecule has 0 bridgehead atoms. The number of aromatic nitrogens is 1. The lowest BCUT2D eigenvalue weighted by Crippen LogP contribution is -2.77. The van der Waals surface area contributed by atoms with Crippen LogP contribution >= 0.6 is 0 Å². The van der Waals surface area contributed by atoms with Gasteiger partial charge in [0.1, 0.15) is 0 Å². The second-order valence-electron chi connectivity index (χ2n) is 15.6. The zero-order valence-electron chi connectivity index (χ0n) is 33.6. The maximum atomic E-state index is 9.80. The van der Waals surface area contributed by atoms with Crippen LogP contribution in [-0.4, -0.2) is 12.6 Å². The first kappa shape index (κ1) is 36.6. The molecule has 62 heavy (non-hydrogen) atoms. The van der Waals surface area contributed by atoms with Crippen LogP contribution in [0.4, 0.5) is 39.8 Å². The Morgan fingerprint density at radius 3 is 1.47 bits per heavy atom. The lowest BCUT2D eigenvalue weighted by Gasteiger charge is -2.45. The Kier molecular flexibility index (Phi) is 8.86. The molecule has 10 aromatic rings. The second-order valence-corrected chi connectivity index (χ2v) is 19.3. The normalized spacial score (nSPS) is 12.6. The molecule has 1 aliphatic rings. The molecular formula is C56H37N5Si. The number of anilines is 6. The maximum absolute atomic E-state index is 9.80. The third kappa shape index (κ3) is 5.74. The molecule has 0 saturated heterocycles. The van der Waals surface area contributed by atoms with Gasteiger partial charge in [-0.2, -0.15) is 5.26 Å². The summed E-state index contributed by atoms with van der Waals surface area (Å²) in [7, 11) is -2.86. The van der Waals surface area contributed by atoms with Gasteiger partial charge >= 0.3 is 0 Å². The van der Waals surface area contributed by atoms with Gasteiger partial charge in [-0.3, -0.25) is 0 Å². The van der Waals surface area contributed by atoms with Gasteiger partial charge in [0.05, 0.1) is 46.3 Å². The van der Waals surface area contributed by atoms with Crippen molar-refractivity contribution in [1.82, 2.24) is 4.57 Å². The first-order valence-electron chi connectivity index (χ1n) is 20.7. The summed E-state index contributed by atoms with van der Waals surface area (Å²) in [6.07, 6.45) is 0. The van der Waals surface area contributed by atoms with Crippen LogP contribution < -0.4 is 30.5 Å². The smallest absolute Gasteiger partial charge is 0.187 e. The van der Waals surface area contributed by atoms with Crippen molar-refractivity contribution in [2.24, 2.45) is 0 Å². The quantitative estimate of drug-likeness (QED) is 0.119. The predicted molar refractivity (Wildman–Crippen MR) is 258 cm³/mol. The molecule has 1 aliphatic heterocycles. The van der Waals surface area contributed by atoms with Crippen LogP contribution in [0, 0.1) is 17.9 Å². The fourth-order valence-electron chi connectivity index (χ4n) is 9.67. The molecule has 2 heterocycles. The van der Waals surface area contributed by atoms with Gasteiger partial charge in [-0.25, -0.2) is 4.85 Å². The molecule has 0 radical (unpaired) electrons. The van der Waals surface area contributed by atoms with E-state index in [-0.39, 0.29) is 0 Å². The molecule has 0 atom stereocenters. The fraction of sp³-hybridized carbons (Fsp3) is 0. The van der Waals surface area contributed by atoms with E-state index in [1.165, 1.54) is 31.5 Å². The number of nitriles is 1. The van der Waals surface area contributed by atoms with Crippen molar-refractivity contribution in [1.29, 1.82) is 5.26 Å². The van der Waals surface area contributed by atoms with E-state index in [1.807, 2.05) is 48.5 Å². The van der Waals surface area contributed by atoms with Crippen LogP contribution in [0.1, 0.15) is 5.56 Å². The number of hydrogen-bond donors (Lipinski definition) is 0. The van der Waals surface area contributed by atoms with Gasteiger partial charge in [-0.05, 0) is 99.6 Å². The third-order valence-electron chi connectivity index (χ3n) is 12.2. The van der Waals surface area contributed by atoms with Crippen LogP contribution in [0.25, 0.3) is 32.3 Å². The zero-order chi connectivity index (χ0) is 41.6. The van der Waals surface area contributed by atoms with Crippen LogP contribution in [0.15, 0.2) is 224 Å². The summed E-state index contributed by atoms with van der Waals surface area (Å²) >= 11 is 0. The minimum absolute atomic E-state index is 0.569. The third-order valence-corrected chi connectivity index (χ3v) is 17.1. The Morgan fingerprint density at radius 1 is 0.468 bits per heavy atom. The number of nitrogens with zero attached hydrogens (tertiary/aromatic N) is 5. The van der Waals surface area contributed by atoms with E-state index in [4.69, 9.17) is 6.57 Å². The summed E-state index contributed by atoms with van der Waals surface area (Å²) in [6, 6.07) is 82.1. The van der Waals surface area contributed by atoms with Crippen LogP contribution in [-0.2, 0) is 0 Å². The first-order valence-corrected chi connectivity index (χ1v) is 22.7. The summed E-state index contributed by atoms with van der Waals surface area (Å²) in [5, 5.41) is 17.5. The fourth-order valence-corrected chi connectivity index (χ4v) is 14.8. The minimum atomic E-state index is -2.86. The SMILES string of the molecule is [C-]#[N+]c1ccc(N(c2ccc(C#N)cc2)c2cc(N3c4ccccc4[Si](c4ccccc4)(c4ccccc4)c4ccccc43)cc(-n3c4ccccc4c4ccccc43)c2)cc1. The molecule has 11 rings (SSSR count). The van der Waals surface area contributed by atoms with E-state index < -0.39 is 8.07 Å². The van der Waals surface area contributed by atoms with Crippen LogP contribution in [0.3, 0.4) is 0 Å². The number of rotatable bonds is 7. The Morgan fingerprint density at radius 2 is 0.935 bits per heavy atom. The molecular weight excluding hydrogens is 771 g/mol. The van der Waals surface area contributed by atoms with Gasteiger partial charge in [0.2, 0.25) is 0 Å². The molecule has 0 unspecified atom stereocenters. The molecule has 1 aromatic heterocycles. The van der Waals surface area contributed by atoms with Gasteiger partial charge in [-0.1, -0.05) is 146 Å². The Hall–Kier alpha value is -8.42. The summed E-state index contributed by atoms with van der Waals surface area (Å²) in [4.78, 5) is 8.39. The Labute approximate surface area is 361 Å². The predicted octanol–water partition coefficient (Wildman–Crippen LogP) is 11.8. The summed E-state index contributed by atoms with van der Waals surface area (Å²) in [6.45, 7) is 7.71. The molecule has 290 valence electrons. The molecule has 0 spiro atoms. The maximum Gasteiger partial charge on any atom is 0.187 e. The summed E-state index contributed by atoms with van der Waals surface area (Å²) in [5.41, 5.74) is 10.4. The van der Waals surface area contributed by atoms with Crippen LogP contribution in [0.2, 0.25) is 0 Å². The lowest BCUT2D eigenvalue weighted by molar-refractivity contribution is 1.16. The molecule has 0 aliphatic carbocycles. The summed E-state index contributed by atoms with van der Waals surface area (Å²) < 4.78 is 2.38. The van der Waals surface area contributed by atoms with E-state index in [0.717, 1.165) is 50.8 Å². The van der Waals surface area contributed by atoms with Gasteiger partial charge in [-0.15, -0.1) is 0 Å². The van der Waals surface area contributed by atoms with Crippen molar-refractivity contribution in [2.75, 3.05) is 9.80 Å². The molecule has 0 saturated carbocycles. The largest absolute Gasteiger partial charge is 0.310 e. The van der Waals surface area contributed by atoms with Crippen molar-refractivity contribution >= 4 is 90.4 Å². The Bertz CT molecular complexity index is 3180. The highest BCUT2D eigenvalue weighted by Gasteiger charge is 2.48. The van der Waals surface area contributed by atoms with Crippen molar-refractivity contribution in [3.63, 3.8) is 0 Å². The van der Waals surface area contributed by atoms with Crippen molar-refractivity contribution in [3.8, 4) is 11.8 Å². The molecule has 0 fully saturated rings. The van der Waals surface area contributed by atoms with Crippen LogP contribution in [0.5, 0.6) is 0 Å². The van der Waals surface area contributed by atoms with E-state index in [9.17, 15) is 5.26 Å². The molecule has 5 nitrogen and oxygen atoms in total. The zero-order valence-corrected chi connectivity index (χ0v) is 34.6. The second kappa shape index (κ2) is 15.0. The van der Waals surface area contributed by atoms with Gasteiger partial charge in [0.15, 0.2) is 13.8 Å². The van der Waals surface area contributed by atoms with Gasteiger partial charge < -0.3 is 14.4 Å². The highest BCUT2D eigenvalue weighted by atomic mass is 28.3. The standard InChI is InChI=1S/C56H37N5Si/c1-58-41-30-34-43(35-31-41)59(42-32-28-40(39-57)29-33-42)44-36-45(60-51-22-10-8-20-49(51)50-21-9-11-23-52(50)60)38-46(37-44)61-53-24-12-14-26-55(53)62(47-16-4-2-5-17-47,48-18-6-3-7-19-48)56-27-15-13-25-54(56)61/h2-38H. The van der Waals surface area contributed by atoms with Gasteiger partial charge in [0, 0.05) is 33.5 Å². The average Bonchev–Trinajstić information content (AvgIpc) is 3.68. The van der Waals surface area contributed by atoms with Gasteiger partial charge in [0.25, 0.3) is 0 Å². The highest BCUT2D eigenvalue weighted by Crippen LogP contribution is 2.45. The minimum Gasteiger partial charge on any atom is -0.310 e. The Balaban J connectivity index is 1.24. The number of benzene rings is 9. The summed E-state index contributed by atoms with van der Waals surface area (Å²) in [5.74, 6) is 0. The monoisotopic (exact) mass is 807 g/mol. The first-order chi connectivity index (χ1) is 30.7. The van der Waals surface area contributed by atoms with E-state index >= 15 is 0 Å². The van der Waals surface area contributed by atoms with E-state index in [2.05, 4.69) is 201 Å². The lowest BCUT2D eigenvalue weighted by atomic mass is 10.1. The molecule has 6 heteroatoms. The molecule has 9 aromatic carbocycles. The number of fused-ring (bicyclic) bond motifs is 5. The number of para-hydroxylation sites is 4. The topological polar surface area (TPSA) is 39.6 Å². The van der Waals surface area contributed by atoms with Crippen molar-refractivity contribution in [2.45, 2.75) is 0 Å². The van der Waals surface area contributed by atoms with Crippen molar-refractivity contribution in [3.05, 3.63) is 241 Å². The van der Waals surface area contributed by atoms with E-state index in [1.54, 1.807) is 0 Å². The van der Waals surface area contributed by atoms with Crippen molar-refractivity contribution < 1.29 is 0 Å². The molecule has 0 amide bonds. The number of hydrogen-bond acceptors (Lipinski definition) is 3. The van der Waals surface area contributed by atoms with E-state index in [0.29, 0.717) is 11.3 Å².